The van der Waals surface area contributed by atoms with Crippen LogP contribution >= 0.6 is 0 Å². The minimum Gasteiger partial charge on any atom is -0.444 e. The van der Waals surface area contributed by atoms with E-state index in [0.717, 1.165) is 35.3 Å². The molecular formula is C28H37N7O3. The molecule has 202 valence electrons. The third kappa shape index (κ3) is 7.30. The van der Waals surface area contributed by atoms with Crippen LogP contribution in [0, 0.1) is 6.92 Å². The number of hydrogen-bond acceptors (Lipinski definition) is 7. The molecule has 3 heterocycles. The van der Waals surface area contributed by atoms with E-state index in [1.54, 1.807) is 17.3 Å². The second-order valence-electron chi connectivity index (χ2n) is 10.9. The number of rotatable bonds is 8. The van der Waals surface area contributed by atoms with Crippen LogP contribution in [0.2, 0.25) is 0 Å². The minimum absolute atomic E-state index is 0.156. The predicted molar refractivity (Wildman–Crippen MR) is 145 cm³/mol. The third-order valence-corrected chi connectivity index (χ3v) is 6.52. The molecule has 2 aromatic heterocycles. The zero-order valence-electron chi connectivity index (χ0n) is 22.6. The SMILES string of the molecule is Cc1cnc(Nc2cnn(C3CCN(C(=O)OC(C)(C)C)CC3)c2)nc1C(CC(N)=O)Cc1ccccc1. The van der Waals surface area contributed by atoms with Gasteiger partial charge in [0.15, 0.2) is 0 Å². The lowest BCUT2D eigenvalue weighted by atomic mass is 9.90. The molecule has 1 saturated heterocycles. The Morgan fingerprint density at radius 3 is 2.53 bits per heavy atom. The summed E-state index contributed by atoms with van der Waals surface area (Å²) in [7, 11) is 0. The van der Waals surface area contributed by atoms with E-state index in [1.807, 2.05) is 68.9 Å². The van der Waals surface area contributed by atoms with Crippen molar-refractivity contribution in [3.63, 3.8) is 0 Å². The van der Waals surface area contributed by atoms with Gasteiger partial charge in [0, 0.05) is 37.8 Å². The molecule has 1 aliphatic heterocycles. The summed E-state index contributed by atoms with van der Waals surface area (Å²) in [5, 5.41) is 7.79. The van der Waals surface area contributed by atoms with Crippen LogP contribution in [0.4, 0.5) is 16.4 Å². The summed E-state index contributed by atoms with van der Waals surface area (Å²) in [6, 6.07) is 10.2. The van der Waals surface area contributed by atoms with Crippen LogP contribution in [0.1, 0.15) is 68.8 Å². The molecule has 1 atom stereocenters. The number of nitrogens with two attached hydrogens (primary N) is 1. The Balaban J connectivity index is 1.42. The van der Waals surface area contributed by atoms with Crippen molar-refractivity contribution in [3.05, 3.63) is 65.7 Å². The van der Waals surface area contributed by atoms with Gasteiger partial charge in [0.05, 0.1) is 23.6 Å². The quantitative estimate of drug-likeness (QED) is 0.448. The van der Waals surface area contributed by atoms with Gasteiger partial charge >= 0.3 is 6.09 Å². The standard InChI is InChI=1S/C28H37N7O3/c1-19-16-30-26(33-25(19)21(15-24(29)36)14-20-8-6-5-7-9-20)32-22-17-31-35(18-22)23-10-12-34(13-11-23)27(37)38-28(2,3)4/h5-9,16-18,21,23H,10-15H2,1-4H3,(H2,29,36)(H,30,32,33). The number of hydrogen-bond donors (Lipinski definition) is 2. The highest BCUT2D eigenvalue weighted by molar-refractivity contribution is 5.75. The average Bonchev–Trinajstić information content (AvgIpc) is 3.33. The first-order chi connectivity index (χ1) is 18.1. The number of benzene rings is 1. The highest BCUT2D eigenvalue weighted by Crippen LogP contribution is 2.28. The number of nitrogens with one attached hydrogen (secondary N) is 1. The van der Waals surface area contributed by atoms with E-state index in [-0.39, 0.29) is 30.4 Å². The van der Waals surface area contributed by atoms with Crippen molar-refractivity contribution in [2.75, 3.05) is 18.4 Å². The first kappa shape index (κ1) is 27.1. The number of primary amides is 1. The maximum absolute atomic E-state index is 12.4. The molecule has 1 aromatic carbocycles. The summed E-state index contributed by atoms with van der Waals surface area (Å²) in [6.45, 7) is 8.80. The first-order valence-electron chi connectivity index (χ1n) is 13.0. The van der Waals surface area contributed by atoms with Crippen molar-refractivity contribution >= 4 is 23.6 Å². The molecule has 0 spiro atoms. The highest BCUT2D eigenvalue weighted by atomic mass is 16.6. The highest BCUT2D eigenvalue weighted by Gasteiger charge is 2.28. The molecule has 10 heteroatoms. The van der Waals surface area contributed by atoms with Gasteiger partial charge < -0.3 is 20.7 Å². The topological polar surface area (TPSA) is 128 Å². The molecule has 1 unspecified atom stereocenters. The predicted octanol–water partition coefficient (Wildman–Crippen LogP) is 4.50. The number of piperidine rings is 1. The molecule has 10 nitrogen and oxygen atoms in total. The van der Waals surface area contributed by atoms with Gasteiger partial charge in [-0.15, -0.1) is 0 Å². The van der Waals surface area contributed by atoms with Crippen LogP contribution in [0.15, 0.2) is 48.9 Å². The van der Waals surface area contributed by atoms with Gasteiger partial charge in [-0.25, -0.2) is 14.8 Å². The van der Waals surface area contributed by atoms with E-state index < -0.39 is 5.60 Å². The van der Waals surface area contributed by atoms with E-state index in [2.05, 4.69) is 15.4 Å². The maximum atomic E-state index is 12.4. The van der Waals surface area contributed by atoms with Gasteiger partial charge in [0.1, 0.15) is 5.60 Å². The van der Waals surface area contributed by atoms with Crippen LogP contribution in [-0.2, 0) is 16.0 Å². The number of aromatic nitrogens is 4. The van der Waals surface area contributed by atoms with E-state index in [9.17, 15) is 9.59 Å². The molecular weight excluding hydrogens is 482 g/mol. The third-order valence-electron chi connectivity index (χ3n) is 6.52. The molecule has 0 saturated carbocycles. The summed E-state index contributed by atoms with van der Waals surface area (Å²) in [5.41, 5.74) is 8.67. The fraction of sp³-hybridized carbons (Fsp3) is 0.464. The van der Waals surface area contributed by atoms with Crippen molar-refractivity contribution in [2.24, 2.45) is 5.73 Å². The van der Waals surface area contributed by atoms with E-state index >= 15 is 0 Å². The molecule has 4 rings (SSSR count). The van der Waals surface area contributed by atoms with Crippen molar-refractivity contribution < 1.29 is 14.3 Å². The van der Waals surface area contributed by atoms with Gasteiger partial charge in [-0.1, -0.05) is 30.3 Å². The normalized spacial score (nSPS) is 15.2. The van der Waals surface area contributed by atoms with Crippen LogP contribution in [0.25, 0.3) is 0 Å². The van der Waals surface area contributed by atoms with Gasteiger partial charge in [-0.05, 0) is 58.1 Å². The summed E-state index contributed by atoms with van der Waals surface area (Å²) in [4.78, 5) is 35.2. The first-order valence-corrected chi connectivity index (χ1v) is 13.0. The summed E-state index contributed by atoms with van der Waals surface area (Å²) in [5.74, 6) is -0.0822. The van der Waals surface area contributed by atoms with Gasteiger partial charge in [0.2, 0.25) is 11.9 Å². The van der Waals surface area contributed by atoms with Gasteiger partial charge in [-0.3, -0.25) is 9.48 Å². The van der Waals surface area contributed by atoms with Crippen molar-refractivity contribution in [1.82, 2.24) is 24.6 Å². The van der Waals surface area contributed by atoms with Gasteiger partial charge in [-0.2, -0.15) is 5.10 Å². The van der Waals surface area contributed by atoms with E-state index in [4.69, 9.17) is 15.5 Å². The molecule has 1 aliphatic rings. The van der Waals surface area contributed by atoms with Crippen molar-refractivity contribution in [3.8, 4) is 0 Å². The largest absolute Gasteiger partial charge is 0.444 e. The molecule has 2 amide bonds. The van der Waals surface area contributed by atoms with Crippen molar-refractivity contribution in [2.45, 2.75) is 70.9 Å². The number of aryl methyl sites for hydroxylation is 1. The number of carbonyl (C=O) groups is 2. The Kier molecular flexibility index (Phi) is 8.29. The van der Waals surface area contributed by atoms with E-state index in [0.29, 0.717) is 25.5 Å². The second-order valence-corrected chi connectivity index (χ2v) is 10.9. The lowest BCUT2D eigenvalue weighted by molar-refractivity contribution is -0.118. The van der Waals surface area contributed by atoms with Crippen LogP contribution in [0.3, 0.4) is 0 Å². The molecule has 0 radical (unpaired) electrons. The van der Waals surface area contributed by atoms with Crippen LogP contribution in [0.5, 0.6) is 0 Å². The second kappa shape index (κ2) is 11.6. The molecule has 0 bridgehead atoms. The molecule has 0 aliphatic carbocycles. The Morgan fingerprint density at radius 1 is 1.16 bits per heavy atom. The van der Waals surface area contributed by atoms with E-state index in [1.165, 1.54) is 0 Å². The van der Waals surface area contributed by atoms with Gasteiger partial charge in [0.25, 0.3) is 0 Å². The summed E-state index contributed by atoms with van der Waals surface area (Å²) < 4.78 is 7.42. The summed E-state index contributed by atoms with van der Waals surface area (Å²) in [6.07, 6.45) is 7.61. The monoisotopic (exact) mass is 519 g/mol. The number of ether oxygens (including phenoxy) is 1. The number of carbonyl (C=O) groups excluding carboxylic acids is 2. The average molecular weight is 520 g/mol. The smallest absolute Gasteiger partial charge is 0.410 e. The lowest BCUT2D eigenvalue weighted by Crippen LogP contribution is -2.42. The fourth-order valence-corrected chi connectivity index (χ4v) is 4.71. The Hall–Kier alpha value is -3.95. The Morgan fingerprint density at radius 2 is 1.87 bits per heavy atom. The van der Waals surface area contributed by atoms with Crippen molar-refractivity contribution in [1.29, 1.82) is 0 Å². The number of nitrogens with zero attached hydrogens (tertiary/aromatic N) is 5. The number of likely N-dealkylation sites (tertiary alicyclic amines) is 1. The molecule has 38 heavy (non-hydrogen) atoms. The van der Waals surface area contributed by atoms with Crippen LogP contribution < -0.4 is 11.1 Å². The zero-order chi connectivity index (χ0) is 27.3. The number of anilines is 2. The fourth-order valence-electron chi connectivity index (χ4n) is 4.71. The molecule has 3 N–H and O–H groups in total. The minimum atomic E-state index is -0.504. The lowest BCUT2D eigenvalue weighted by Gasteiger charge is -2.33. The number of amides is 2. The Bertz CT molecular complexity index is 1240. The van der Waals surface area contributed by atoms with Crippen LogP contribution in [-0.4, -0.2) is 55.3 Å². The molecule has 3 aromatic rings. The molecule has 1 fully saturated rings. The maximum Gasteiger partial charge on any atom is 0.410 e. The Labute approximate surface area is 223 Å². The summed E-state index contributed by atoms with van der Waals surface area (Å²) >= 11 is 0. The zero-order valence-corrected chi connectivity index (χ0v) is 22.6.